The van der Waals surface area contributed by atoms with Crippen LogP contribution in [0.2, 0.25) is 0 Å². The molecule has 1 saturated carbocycles. The zero-order valence-electron chi connectivity index (χ0n) is 19.3. The summed E-state index contributed by atoms with van der Waals surface area (Å²) in [5.41, 5.74) is 1.04. The van der Waals surface area contributed by atoms with E-state index in [0.717, 1.165) is 24.2 Å². The highest BCUT2D eigenvalue weighted by atomic mass is 32.2. The average Bonchev–Trinajstić information content (AvgIpc) is 2.79. The van der Waals surface area contributed by atoms with Crippen LogP contribution in [0.25, 0.3) is 0 Å². The van der Waals surface area contributed by atoms with E-state index in [1.165, 1.54) is 24.2 Å². The van der Waals surface area contributed by atoms with Crippen LogP contribution in [0.1, 0.15) is 37.7 Å². The van der Waals surface area contributed by atoms with Crippen LogP contribution in [0.4, 0.5) is 20.7 Å². The van der Waals surface area contributed by atoms with Gasteiger partial charge in [-0.05, 0) is 50.6 Å². The van der Waals surface area contributed by atoms with E-state index in [2.05, 4.69) is 15.3 Å². The Morgan fingerprint density at radius 1 is 1.21 bits per heavy atom. The third-order valence-corrected chi connectivity index (χ3v) is 7.48. The number of nitrogens with one attached hydrogen (secondary N) is 1. The molecule has 0 radical (unpaired) electrons. The molecule has 8 nitrogen and oxygen atoms in total. The Hall–Kier alpha value is -2.59. The van der Waals surface area contributed by atoms with Crippen LogP contribution in [0.3, 0.4) is 0 Å². The van der Waals surface area contributed by atoms with Gasteiger partial charge >= 0.3 is 6.09 Å². The Bertz CT molecular complexity index is 1040. The molecule has 1 N–H and O–H groups in total. The molecular weight excluding hydrogens is 459 g/mol. The van der Waals surface area contributed by atoms with Gasteiger partial charge in [-0.3, -0.25) is 4.90 Å². The highest BCUT2D eigenvalue weighted by molar-refractivity contribution is 7.98. The van der Waals surface area contributed by atoms with E-state index in [0.29, 0.717) is 49.0 Å². The van der Waals surface area contributed by atoms with Gasteiger partial charge in [0.05, 0.1) is 36.5 Å². The molecule has 2 aromatic rings. The first-order chi connectivity index (χ1) is 16.5. The third-order valence-electron chi connectivity index (χ3n) is 6.75. The predicted octanol–water partition coefficient (Wildman–Crippen LogP) is 4.69. The number of anilines is 2. The fraction of sp³-hybridized carbons (Fsp3) is 0.542. The molecule has 1 aromatic heterocycles. The van der Waals surface area contributed by atoms with Crippen molar-refractivity contribution in [1.82, 2.24) is 14.9 Å². The smallest absolute Gasteiger partial charge is 0.410 e. The second-order valence-electron chi connectivity index (χ2n) is 9.02. The van der Waals surface area contributed by atoms with E-state index < -0.39 is 0 Å². The number of fused-ring (bicyclic) bond motifs is 2. The van der Waals surface area contributed by atoms with E-state index in [1.807, 2.05) is 24.1 Å². The van der Waals surface area contributed by atoms with Gasteiger partial charge in [-0.25, -0.2) is 19.2 Å². The van der Waals surface area contributed by atoms with E-state index in [1.54, 1.807) is 6.07 Å². The van der Waals surface area contributed by atoms with Gasteiger partial charge in [0.2, 0.25) is 5.88 Å². The van der Waals surface area contributed by atoms with Gasteiger partial charge in [0.1, 0.15) is 30.2 Å². The molecule has 5 rings (SSSR count). The number of rotatable bonds is 6. The van der Waals surface area contributed by atoms with Crippen LogP contribution >= 0.6 is 11.8 Å². The minimum absolute atomic E-state index is 0.0551. The van der Waals surface area contributed by atoms with Gasteiger partial charge in [-0.15, -0.1) is 11.8 Å². The lowest BCUT2D eigenvalue weighted by Gasteiger charge is -2.47. The topological polar surface area (TPSA) is 85.8 Å². The quantitative estimate of drug-likeness (QED) is 0.586. The minimum Gasteiger partial charge on any atom is -0.474 e. The summed E-state index contributed by atoms with van der Waals surface area (Å²) < 4.78 is 32.1. The van der Waals surface area contributed by atoms with Crippen LogP contribution in [-0.2, 0) is 9.47 Å². The number of ether oxygens (including phenoxy) is 3. The lowest BCUT2D eigenvalue weighted by Crippen LogP contribution is -2.61. The number of carbonyl (C=O) groups excluding carboxylic acids is 1. The van der Waals surface area contributed by atoms with Crippen molar-refractivity contribution in [2.45, 2.75) is 68.2 Å². The van der Waals surface area contributed by atoms with Crippen molar-refractivity contribution in [3.05, 3.63) is 35.9 Å². The molecule has 2 saturated heterocycles. The van der Waals surface area contributed by atoms with E-state index in [-0.39, 0.29) is 36.2 Å². The van der Waals surface area contributed by atoms with Gasteiger partial charge in [-0.2, -0.15) is 0 Å². The summed E-state index contributed by atoms with van der Waals surface area (Å²) >= 11 is 1.48. The molecule has 1 amide bonds. The second kappa shape index (κ2) is 9.95. The largest absolute Gasteiger partial charge is 0.474 e. The predicted molar refractivity (Wildman–Crippen MR) is 126 cm³/mol. The third kappa shape index (κ3) is 4.79. The van der Waals surface area contributed by atoms with Crippen molar-refractivity contribution in [3.8, 4) is 5.88 Å². The Morgan fingerprint density at radius 3 is 2.62 bits per heavy atom. The summed E-state index contributed by atoms with van der Waals surface area (Å²) in [4.78, 5) is 24.1. The Morgan fingerprint density at radius 2 is 1.97 bits per heavy atom. The van der Waals surface area contributed by atoms with Crippen molar-refractivity contribution >= 4 is 29.4 Å². The molecule has 1 aliphatic carbocycles. The minimum atomic E-state index is -0.346. The zero-order chi connectivity index (χ0) is 23.7. The van der Waals surface area contributed by atoms with Crippen LogP contribution < -0.4 is 10.1 Å². The molecule has 2 bridgehead atoms. The molecule has 0 spiro atoms. The molecule has 2 aliphatic heterocycles. The van der Waals surface area contributed by atoms with E-state index >= 15 is 0 Å². The molecule has 3 fully saturated rings. The van der Waals surface area contributed by atoms with Crippen LogP contribution in [0.5, 0.6) is 5.88 Å². The first kappa shape index (κ1) is 23.2. The second-order valence-corrected chi connectivity index (χ2v) is 9.90. The SMILES string of the molecule is CSc1ccc(Nc2ncnc(OC3CC4COCC(C3)N4C(=O)OC3CCC3)c2C)c(F)c1. The van der Waals surface area contributed by atoms with Crippen LogP contribution in [0, 0.1) is 12.7 Å². The van der Waals surface area contributed by atoms with Crippen molar-refractivity contribution in [2.24, 2.45) is 0 Å². The number of hydrogen-bond acceptors (Lipinski definition) is 8. The van der Waals surface area contributed by atoms with Crippen LogP contribution in [0.15, 0.2) is 29.4 Å². The van der Waals surface area contributed by atoms with Crippen molar-refractivity contribution < 1.29 is 23.4 Å². The number of halogens is 1. The summed E-state index contributed by atoms with van der Waals surface area (Å²) in [5, 5.41) is 3.06. The molecule has 2 atom stereocenters. The maximum Gasteiger partial charge on any atom is 0.410 e. The van der Waals surface area contributed by atoms with Crippen LogP contribution in [-0.4, -0.2) is 64.7 Å². The summed E-state index contributed by atoms with van der Waals surface area (Å²) in [7, 11) is 0. The van der Waals surface area contributed by atoms with Gasteiger partial charge < -0.3 is 19.5 Å². The van der Waals surface area contributed by atoms with Crippen molar-refractivity contribution in [3.63, 3.8) is 0 Å². The number of thioether (sulfide) groups is 1. The number of morpholine rings is 1. The number of benzene rings is 1. The highest BCUT2D eigenvalue weighted by Crippen LogP contribution is 2.34. The average molecular weight is 489 g/mol. The fourth-order valence-electron chi connectivity index (χ4n) is 4.64. The first-order valence-electron chi connectivity index (χ1n) is 11.7. The maximum absolute atomic E-state index is 14.5. The molecule has 3 heterocycles. The molecule has 1 aromatic carbocycles. The van der Waals surface area contributed by atoms with E-state index in [4.69, 9.17) is 14.2 Å². The van der Waals surface area contributed by atoms with Gasteiger partial charge in [0.25, 0.3) is 0 Å². The van der Waals surface area contributed by atoms with Crippen molar-refractivity contribution in [2.75, 3.05) is 24.8 Å². The number of hydrogen-bond donors (Lipinski definition) is 1. The molecule has 10 heteroatoms. The molecule has 182 valence electrons. The summed E-state index contributed by atoms with van der Waals surface area (Å²) in [6, 6.07) is 4.87. The zero-order valence-corrected chi connectivity index (χ0v) is 20.1. The number of amides is 1. The number of piperidine rings is 1. The Labute approximate surface area is 202 Å². The molecule has 2 unspecified atom stereocenters. The van der Waals surface area contributed by atoms with Gasteiger partial charge in [0, 0.05) is 17.7 Å². The highest BCUT2D eigenvalue weighted by Gasteiger charge is 2.44. The number of nitrogens with zero attached hydrogens (tertiary/aromatic N) is 3. The summed E-state index contributed by atoms with van der Waals surface area (Å²) in [6.07, 6.45) is 7.30. The normalized spacial score (nSPS) is 24.3. The van der Waals surface area contributed by atoms with E-state index in [9.17, 15) is 9.18 Å². The molecule has 34 heavy (non-hydrogen) atoms. The summed E-state index contributed by atoms with van der Waals surface area (Å²) in [5.74, 6) is 0.597. The number of aromatic nitrogens is 2. The maximum atomic E-state index is 14.5. The lowest BCUT2D eigenvalue weighted by molar-refractivity contribution is -0.0984. The fourth-order valence-corrected chi connectivity index (χ4v) is 5.07. The standard InChI is InChI=1S/C24H29FN4O4S/c1-14-22(28-21-7-6-19(34-2)10-20(21)25)26-13-27-23(14)32-18-8-15-11-31-12-16(9-18)29(15)24(30)33-17-4-3-5-17/h6-7,10,13,15-18H,3-5,8-9,11-12H2,1-2H3,(H,26,27,28). The first-order valence-corrected chi connectivity index (χ1v) is 12.9. The molecular formula is C24H29FN4O4S. The van der Waals surface area contributed by atoms with Gasteiger partial charge in [-0.1, -0.05) is 0 Å². The lowest BCUT2D eigenvalue weighted by atomic mass is 9.92. The Kier molecular flexibility index (Phi) is 6.78. The monoisotopic (exact) mass is 488 g/mol. The summed E-state index contributed by atoms with van der Waals surface area (Å²) in [6.45, 7) is 2.79. The van der Waals surface area contributed by atoms with Gasteiger partial charge in [0.15, 0.2) is 0 Å². The number of carbonyl (C=O) groups is 1. The van der Waals surface area contributed by atoms with Crippen molar-refractivity contribution in [1.29, 1.82) is 0 Å². The Balaban J connectivity index is 1.26. The molecule has 3 aliphatic rings.